The van der Waals surface area contributed by atoms with Crippen molar-refractivity contribution in [2.75, 3.05) is 13.1 Å². The second-order valence-electron chi connectivity index (χ2n) is 5.17. The van der Waals surface area contributed by atoms with Crippen LogP contribution in [0.1, 0.15) is 43.9 Å². The van der Waals surface area contributed by atoms with Gasteiger partial charge >= 0.3 is 0 Å². The summed E-state index contributed by atoms with van der Waals surface area (Å²) in [7, 11) is 0. The molecule has 0 atom stereocenters. The molecule has 0 aliphatic heterocycles. The number of nitrogens with one attached hydrogen (secondary N) is 1. The SMILES string of the molecule is CCNCC(C)(C)CCc1ccc(CC)s1. The number of thiophene rings is 1. The van der Waals surface area contributed by atoms with Crippen molar-refractivity contribution in [1.29, 1.82) is 0 Å². The fourth-order valence-corrected chi connectivity index (χ4v) is 2.72. The molecule has 0 aliphatic rings. The minimum atomic E-state index is 0.409. The van der Waals surface area contributed by atoms with E-state index in [9.17, 15) is 0 Å². The van der Waals surface area contributed by atoms with Crippen molar-refractivity contribution >= 4 is 11.3 Å². The fourth-order valence-electron chi connectivity index (χ4n) is 1.76. The van der Waals surface area contributed by atoms with Gasteiger partial charge in [0, 0.05) is 16.3 Å². The molecule has 0 radical (unpaired) electrons. The van der Waals surface area contributed by atoms with E-state index in [2.05, 4.69) is 45.1 Å². The summed E-state index contributed by atoms with van der Waals surface area (Å²) in [5.74, 6) is 0. The van der Waals surface area contributed by atoms with Crippen LogP contribution in [0.25, 0.3) is 0 Å². The minimum Gasteiger partial charge on any atom is -0.316 e. The fraction of sp³-hybridized carbons (Fsp3) is 0.714. The van der Waals surface area contributed by atoms with Gasteiger partial charge in [-0.2, -0.15) is 0 Å². The van der Waals surface area contributed by atoms with Gasteiger partial charge in [-0.25, -0.2) is 0 Å². The average molecular weight is 239 g/mol. The van der Waals surface area contributed by atoms with Gasteiger partial charge in [0.25, 0.3) is 0 Å². The van der Waals surface area contributed by atoms with Gasteiger partial charge in [-0.15, -0.1) is 11.3 Å². The molecule has 0 spiro atoms. The van der Waals surface area contributed by atoms with Crippen molar-refractivity contribution in [2.24, 2.45) is 5.41 Å². The van der Waals surface area contributed by atoms with Crippen LogP contribution in [0.4, 0.5) is 0 Å². The highest BCUT2D eigenvalue weighted by Crippen LogP contribution is 2.25. The predicted molar refractivity (Wildman–Crippen MR) is 74.3 cm³/mol. The first-order valence-electron chi connectivity index (χ1n) is 6.35. The predicted octanol–water partition coefficient (Wildman–Crippen LogP) is 3.88. The van der Waals surface area contributed by atoms with Crippen LogP contribution < -0.4 is 5.32 Å². The number of hydrogen-bond acceptors (Lipinski definition) is 2. The van der Waals surface area contributed by atoms with Crippen LogP contribution in [0.5, 0.6) is 0 Å². The third-order valence-corrected chi connectivity index (χ3v) is 4.26. The second-order valence-corrected chi connectivity index (χ2v) is 6.42. The largest absolute Gasteiger partial charge is 0.316 e. The third-order valence-electron chi connectivity index (χ3n) is 2.97. The maximum absolute atomic E-state index is 3.44. The van der Waals surface area contributed by atoms with E-state index in [0.717, 1.165) is 13.1 Å². The highest BCUT2D eigenvalue weighted by atomic mass is 32.1. The highest BCUT2D eigenvalue weighted by Gasteiger charge is 2.17. The zero-order valence-electron chi connectivity index (χ0n) is 11.1. The zero-order valence-corrected chi connectivity index (χ0v) is 11.9. The summed E-state index contributed by atoms with van der Waals surface area (Å²) in [6.07, 6.45) is 3.66. The van der Waals surface area contributed by atoms with Gasteiger partial charge in [-0.3, -0.25) is 0 Å². The first-order valence-corrected chi connectivity index (χ1v) is 7.17. The van der Waals surface area contributed by atoms with Gasteiger partial charge in [0.15, 0.2) is 0 Å². The van der Waals surface area contributed by atoms with E-state index in [0.29, 0.717) is 5.41 Å². The Morgan fingerprint density at radius 3 is 2.44 bits per heavy atom. The van der Waals surface area contributed by atoms with Crippen LogP contribution in [-0.2, 0) is 12.8 Å². The van der Waals surface area contributed by atoms with Crippen molar-refractivity contribution in [3.05, 3.63) is 21.9 Å². The molecule has 0 aromatic carbocycles. The molecule has 0 saturated heterocycles. The smallest absolute Gasteiger partial charge is 0.00483 e. The molecule has 0 unspecified atom stereocenters. The highest BCUT2D eigenvalue weighted by molar-refractivity contribution is 7.11. The molecule has 1 rings (SSSR count). The van der Waals surface area contributed by atoms with Crippen LogP contribution in [0, 0.1) is 5.41 Å². The number of rotatable bonds is 7. The molecule has 0 saturated carbocycles. The van der Waals surface area contributed by atoms with Gasteiger partial charge < -0.3 is 5.32 Å². The van der Waals surface area contributed by atoms with Crippen LogP contribution in [-0.4, -0.2) is 13.1 Å². The van der Waals surface area contributed by atoms with E-state index in [4.69, 9.17) is 0 Å². The molecule has 0 amide bonds. The standard InChI is InChI=1S/C14H25NS/c1-5-12-7-8-13(16-12)9-10-14(3,4)11-15-6-2/h7-8,15H,5-6,9-11H2,1-4H3. The Hall–Kier alpha value is -0.340. The molecule has 2 heteroatoms. The molecule has 1 nitrogen and oxygen atoms in total. The quantitative estimate of drug-likeness (QED) is 0.761. The topological polar surface area (TPSA) is 12.0 Å². The monoisotopic (exact) mass is 239 g/mol. The average Bonchev–Trinajstić information content (AvgIpc) is 2.72. The van der Waals surface area contributed by atoms with Crippen LogP contribution in [0.15, 0.2) is 12.1 Å². The first kappa shape index (κ1) is 13.7. The Balaban J connectivity index is 2.37. The number of aryl methyl sites for hydroxylation is 2. The van der Waals surface area contributed by atoms with Crippen LogP contribution in [0.3, 0.4) is 0 Å². The molecule has 0 aliphatic carbocycles. The molecule has 1 aromatic rings. The van der Waals surface area contributed by atoms with Crippen molar-refractivity contribution < 1.29 is 0 Å². The lowest BCUT2D eigenvalue weighted by molar-refractivity contribution is 0.318. The van der Waals surface area contributed by atoms with E-state index in [1.165, 1.54) is 24.1 Å². The summed E-state index contributed by atoms with van der Waals surface area (Å²) >= 11 is 1.98. The number of hydrogen-bond donors (Lipinski definition) is 1. The lowest BCUT2D eigenvalue weighted by Crippen LogP contribution is -2.29. The van der Waals surface area contributed by atoms with Crippen LogP contribution >= 0.6 is 11.3 Å². The molecular formula is C14H25NS. The van der Waals surface area contributed by atoms with E-state index in [-0.39, 0.29) is 0 Å². The lowest BCUT2D eigenvalue weighted by Gasteiger charge is -2.24. The molecule has 16 heavy (non-hydrogen) atoms. The molecule has 1 heterocycles. The molecule has 92 valence electrons. The van der Waals surface area contributed by atoms with Gasteiger partial charge in [0.2, 0.25) is 0 Å². The van der Waals surface area contributed by atoms with Gasteiger partial charge in [-0.05, 0) is 43.4 Å². The molecule has 1 aromatic heterocycles. The maximum atomic E-state index is 3.44. The normalized spacial score (nSPS) is 12.0. The maximum Gasteiger partial charge on any atom is 0.00483 e. The summed E-state index contributed by atoms with van der Waals surface area (Å²) in [5, 5.41) is 3.44. The molecule has 0 fully saturated rings. The summed E-state index contributed by atoms with van der Waals surface area (Å²) in [4.78, 5) is 3.06. The summed E-state index contributed by atoms with van der Waals surface area (Å²) in [6.45, 7) is 11.3. The van der Waals surface area contributed by atoms with Crippen molar-refractivity contribution in [1.82, 2.24) is 5.32 Å². The molecule has 1 N–H and O–H groups in total. The zero-order chi connectivity index (χ0) is 12.0. The van der Waals surface area contributed by atoms with E-state index in [1.54, 1.807) is 4.88 Å². The summed E-state index contributed by atoms with van der Waals surface area (Å²) < 4.78 is 0. The Labute approximate surface area is 104 Å². The minimum absolute atomic E-state index is 0.409. The first-order chi connectivity index (χ1) is 7.57. The third kappa shape index (κ3) is 4.67. The molecular weight excluding hydrogens is 214 g/mol. The van der Waals surface area contributed by atoms with Gasteiger partial charge in [0.1, 0.15) is 0 Å². The molecule has 0 bridgehead atoms. The van der Waals surface area contributed by atoms with Crippen molar-refractivity contribution in [3.63, 3.8) is 0 Å². The van der Waals surface area contributed by atoms with Gasteiger partial charge in [0.05, 0.1) is 0 Å². The van der Waals surface area contributed by atoms with Crippen molar-refractivity contribution in [2.45, 2.75) is 47.0 Å². The van der Waals surface area contributed by atoms with Gasteiger partial charge in [-0.1, -0.05) is 27.7 Å². The second kappa shape index (κ2) is 6.41. The van der Waals surface area contributed by atoms with Crippen LogP contribution in [0.2, 0.25) is 0 Å². The van der Waals surface area contributed by atoms with Crippen molar-refractivity contribution in [3.8, 4) is 0 Å². The Bertz CT molecular complexity index is 301. The Kier molecular flexibility index (Phi) is 5.50. The van der Waals surface area contributed by atoms with E-state index < -0.39 is 0 Å². The Morgan fingerprint density at radius 1 is 1.19 bits per heavy atom. The summed E-state index contributed by atoms with van der Waals surface area (Å²) in [6, 6.07) is 4.57. The Morgan fingerprint density at radius 2 is 1.88 bits per heavy atom. The summed E-state index contributed by atoms with van der Waals surface area (Å²) in [5.41, 5.74) is 0.409. The lowest BCUT2D eigenvalue weighted by atomic mass is 9.87. The van der Waals surface area contributed by atoms with E-state index >= 15 is 0 Å². The van der Waals surface area contributed by atoms with E-state index in [1.807, 2.05) is 11.3 Å².